The first-order valence-corrected chi connectivity index (χ1v) is 9.55. The molecule has 2 aliphatic heterocycles. The van der Waals surface area contributed by atoms with E-state index in [1.807, 2.05) is 18.2 Å². The molecule has 0 saturated carbocycles. The van der Waals surface area contributed by atoms with Crippen LogP contribution in [0.2, 0.25) is 0 Å². The van der Waals surface area contributed by atoms with Crippen LogP contribution in [0.3, 0.4) is 0 Å². The second kappa shape index (κ2) is 6.49. The zero-order chi connectivity index (χ0) is 19.2. The van der Waals surface area contributed by atoms with Crippen LogP contribution in [0.5, 0.6) is 11.5 Å². The fourth-order valence-electron chi connectivity index (χ4n) is 4.38. The van der Waals surface area contributed by atoms with E-state index in [2.05, 4.69) is 63.4 Å². The Labute approximate surface area is 161 Å². The number of fused-ring (bicyclic) bond motifs is 5. The molecule has 2 aromatic rings. The number of methoxy groups -OCH3 is 1. The molecule has 0 amide bonds. The van der Waals surface area contributed by atoms with Crippen molar-refractivity contribution < 1.29 is 9.47 Å². The molecule has 3 nitrogen and oxygen atoms in total. The summed E-state index contributed by atoms with van der Waals surface area (Å²) in [5.74, 6) is 1.74. The summed E-state index contributed by atoms with van der Waals surface area (Å²) in [4.78, 5) is 0. The Hall–Kier alpha value is -2.68. The summed E-state index contributed by atoms with van der Waals surface area (Å²) in [6.07, 6.45) is 7.40. The van der Waals surface area contributed by atoms with Gasteiger partial charge in [-0.15, -0.1) is 0 Å². The highest BCUT2D eigenvalue weighted by atomic mass is 16.5. The van der Waals surface area contributed by atoms with Gasteiger partial charge in [0.25, 0.3) is 0 Å². The lowest BCUT2D eigenvalue weighted by molar-refractivity contribution is 0.204. The molecule has 140 valence electrons. The van der Waals surface area contributed by atoms with Crippen LogP contribution in [-0.2, 0) is 0 Å². The fraction of sp³-hybridized carbons (Fsp3) is 0.333. The summed E-state index contributed by atoms with van der Waals surface area (Å²) in [7, 11) is 1.72. The highest BCUT2D eigenvalue weighted by Gasteiger charge is 2.34. The number of benzene rings is 2. The van der Waals surface area contributed by atoms with Crippen molar-refractivity contribution in [2.45, 2.75) is 45.8 Å². The average molecular weight is 361 g/mol. The van der Waals surface area contributed by atoms with Gasteiger partial charge in [0.2, 0.25) is 0 Å². The van der Waals surface area contributed by atoms with Crippen LogP contribution in [0.15, 0.2) is 48.6 Å². The monoisotopic (exact) mass is 361 g/mol. The first kappa shape index (κ1) is 17.7. The maximum absolute atomic E-state index is 6.48. The third kappa shape index (κ3) is 2.91. The van der Waals surface area contributed by atoms with Gasteiger partial charge in [-0.3, -0.25) is 0 Å². The number of hydrogen-bond donors (Lipinski definition) is 1. The van der Waals surface area contributed by atoms with E-state index in [9.17, 15) is 0 Å². The van der Waals surface area contributed by atoms with Gasteiger partial charge in [-0.1, -0.05) is 30.4 Å². The summed E-state index contributed by atoms with van der Waals surface area (Å²) in [5.41, 5.74) is 7.17. The van der Waals surface area contributed by atoms with Crippen LogP contribution in [-0.4, -0.2) is 12.6 Å². The summed E-state index contributed by atoms with van der Waals surface area (Å²) >= 11 is 0. The lowest BCUT2D eigenvalue weighted by Crippen LogP contribution is -2.32. The Morgan fingerprint density at radius 2 is 2.00 bits per heavy atom. The van der Waals surface area contributed by atoms with Gasteiger partial charge in [-0.05, 0) is 57.0 Å². The van der Waals surface area contributed by atoms with Crippen LogP contribution in [0.1, 0.15) is 51.3 Å². The number of ether oxygens (including phenoxy) is 2. The van der Waals surface area contributed by atoms with Gasteiger partial charge in [0.15, 0.2) is 0 Å². The van der Waals surface area contributed by atoms with Crippen LogP contribution in [0.25, 0.3) is 16.7 Å². The van der Waals surface area contributed by atoms with E-state index in [0.717, 1.165) is 23.5 Å². The van der Waals surface area contributed by atoms with Gasteiger partial charge in [0.1, 0.15) is 17.6 Å². The van der Waals surface area contributed by atoms with Crippen molar-refractivity contribution >= 4 is 11.3 Å². The van der Waals surface area contributed by atoms with Gasteiger partial charge in [0, 0.05) is 23.2 Å². The Kier molecular flexibility index (Phi) is 4.26. The Morgan fingerprint density at radius 1 is 1.19 bits per heavy atom. The van der Waals surface area contributed by atoms with E-state index in [4.69, 9.17) is 9.47 Å². The van der Waals surface area contributed by atoms with Crippen molar-refractivity contribution in [3.8, 4) is 22.6 Å². The molecule has 2 aliphatic rings. The quantitative estimate of drug-likeness (QED) is 0.644. The zero-order valence-electron chi connectivity index (χ0n) is 16.7. The second-order valence-corrected chi connectivity index (χ2v) is 7.87. The molecule has 0 aliphatic carbocycles. The smallest absolute Gasteiger partial charge is 0.131 e. The van der Waals surface area contributed by atoms with E-state index >= 15 is 0 Å². The van der Waals surface area contributed by atoms with Crippen molar-refractivity contribution in [2.75, 3.05) is 12.4 Å². The summed E-state index contributed by atoms with van der Waals surface area (Å²) in [6.45, 7) is 8.65. The molecule has 3 heteroatoms. The molecular formula is C24H27NO2. The van der Waals surface area contributed by atoms with E-state index in [1.165, 1.54) is 28.0 Å². The molecule has 27 heavy (non-hydrogen) atoms. The second-order valence-electron chi connectivity index (χ2n) is 7.87. The van der Waals surface area contributed by atoms with Crippen LogP contribution in [0.4, 0.5) is 5.69 Å². The van der Waals surface area contributed by atoms with Crippen molar-refractivity contribution in [3.05, 3.63) is 59.7 Å². The number of anilines is 1. The van der Waals surface area contributed by atoms with Crippen molar-refractivity contribution in [1.29, 1.82) is 0 Å². The Bertz CT molecular complexity index is 953. The van der Waals surface area contributed by atoms with Crippen molar-refractivity contribution in [3.63, 3.8) is 0 Å². The van der Waals surface area contributed by atoms with Gasteiger partial charge in [0.05, 0.1) is 18.2 Å². The predicted octanol–water partition coefficient (Wildman–Crippen LogP) is 6.37. The lowest BCUT2D eigenvalue weighted by Gasteiger charge is -2.37. The first-order valence-electron chi connectivity index (χ1n) is 9.55. The highest BCUT2D eigenvalue weighted by Crippen LogP contribution is 2.52. The molecular weight excluding hydrogens is 334 g/mol. The maximum Gasteiger partial charge on any atom is 0.131 e. The van der Waals surface area contributed by atoms with E-state index < -0.39 is 0 Å². The van der Waals surface area contributed by atoms with E-state index in [-0.39, 0.29) is 11.6 Å². The summed E-state index contributed by atoms with van der Waals surface area (Å²) in [6, 6.07) is 10.4. The average Bonchev–Trinajstić information content (AvgIpc) is 2.63. The van der Waals surface area contributed by atoms with Crippen molar-refractivity contribution in [1.82, 2.24) is 0 Å². The molecule has 0 bridgehead atoms. The molecule has 2 aromatic carbocycles. The summed E-state index contributed by atoms with van der Waals surface area (Å²) < 4.78 is 12.1. The summed E-state index contributed by atoms with van der Waals surface area (Å²) in [5, 5.41) is 3.66. The maximum atomic E-state index is 6.48. The van der Waals surface area contributed by atoms with Crippen LogP contribution >= 0.6 is 0 Å². The molecule has 2 heterocycles. The van der Waals surface area contributed by atoms with Crippen LogP contribution in [0, 0.1) is 0 Å². The third-order valence-corrected chi connectivity index (χ3v) is 5.33. The fourth-order valence-corrected chi connectivity index (χ4v) is 4.38. The molecule has 4 rings (SSSR count). The normalized spacial score (nSPS) is 19.3. The largest absolute Gasteiger partial charge is 0.496 e. The lowest BCUT2D eigenvalue weighted by atomic mass is 9.81. The minimum absolute atomic E-state index is 0.0166. The molecule has 1 atom stereocenters. The van der Waals surface area contributed by atoms with Gasteiger partial charge >= 0.3 is 0 Å². The molecule has 1 unspecified atom stereocenters. The number of rotatable bonds is 3. The molecule has 1 N–H and O–H groups in total. The SMILES string of the molecule is C/C=C/CC1Oc2cccc(OC)c2-c2ccc3c(c21)C(C)=CC(C)(C)N3. The standard InChI is InChI=1S/C24H27NO2/c1-6-7-9-20-23-16(22-18(26-5)10-8-11-19(22)27-20)12-13-17-21(23)15(2)14-24(3,4)25-17/h6-8,10-14,20,25H,9H2,1-5H3/b7-6+. The predicted molar refractivity (Wildman–Crippen MR) is 113 cm³/mol. The first-order chi connectivity index (χ1) is 12.9. The topological polar surface area (TPSA) is 30.5 Å². The van der Waals surface area contributed by atoms with Gasteiger partial charge < -0.3 is 14.8 Å². The molecule has 0 radical (unpaired) electrons. The third-order valence-electron chi connectivity index (χ3n) is 5.33. The Morgan fingerprint density at radius 3 is 2.74 bits per heavy atom. The zero-order valence-corrected chi connectivity index (χ0v) is 16.7. The highest BCUT2D eigenvalue weighted by molar-refractivity contribution is 5.91. The Balaban J connectivity index is 2.00. The van der Waals surface area contributed by atoms with E-state index in [1.54, 1.807) is 7.11 Å². The number of hydrogen-bond acceptors (Lipinski definition) is 3. The minimum atomic E-state index is -0.0603. The van der Waals surface area contributed by atoms with Gasteiger partial charge in [-0.2, -0.15) is 0 Å². The molecule has 0 spiro atoms. The molecule has 0 saturated heterocycles. The van der Waals surface area contributed by atoms with E-state index in [0.29, 0.717) is 0 Å². The molecule has 0 aromatic heterocycles. The van der Waals surface area contributed by atoms with Crippen LogP contribution < -0.4 is 14.8 Å². The number of nitrogens with one attached hydrogen (secondary N) is 1. The minimum Gasteiger partial charge on any atom is -0.496 e. The van der Waals surface area contributed by atoms with Crippen molar-refractivity contribution in [2.24, 2.45) is 0 Å². The number of allylic oxidation sites excluding steroid dienone is 2. The molecule has 0 fully saturated rings. The van der Waals surface area contributed by atoms with Gasteiger partial charge in [-0.25, -0.2) is 0 Å².